The van der Waals surface area contributed by atoms with Crippen LogP contribution in [0.4, 0.5) is 13.2 Å². The number of hydrogen-bond donors (Lipinski definition) is 1. The third kappa shape index (κ3) is 11.7. The molecule has 0 aromatic heterocycles. The monoisotopic (exact) mass is 242 g/mol. The Morgan fingerprint density at radius 2 is 1.94 bits per heavy atom. The third-order valence-corrected chi connectivity index (χ3v) is 2.12. The number of rotatable bonds is 9. The molecule has 0 saturated carbocycles. The molecule has 0 aromatic carbocycles. The molecule has 0 saturated heterocycles. The van der Waals surface area contributed by atoms with Crippen LogP contribution in [0.2, 0.25) is 0 Å². The standard InChI is InChI=1S/C10H21F3N2O/c1-3-15(2)7-6-14-5-4-8-16-9-10(11,12)13/h14H,3-9H2,1-2H3. The summed E-state index contributed by atoms with van der Waals surface area (Å²) in [4.78, 5) is 2.16. The molecule has 0 spiro atoms. The zero-order valence-electron chi connectivity index (χ0n) is 9.94. The number of ether oxygens (including phenoxy) is 1. The van der Waals surface area contributed by atoms with E-state index < -0.39 is 12.8 Å². The van der Waals surface area contributed by atoms with Crippen LogP contribution < -0.4 is 5.32 Å². The molecule has 16 heavy (non-hydrogen) atoms. The Hall–Kier alpha value is -0.330. The van der Waals surface area contributed by atoms with Crippen LogP contribution in [-0.4, -0.2) is 57.5 Å². The Balaban J connectivity index is 3.10. The fourth-order valence-electron chi connectivity index (χ4n) is 1.04. The van der Waals surface area contributed by atoms with Crippen molar-refractivity contribution in [2.75, 3.05) is 46.4 Å². The van der Waals surface area contributed by atoms with Crippen molar-refractivity contribution in [3.05, 3.63) is 0 Å². The topological polar surface area (TPSA) is 24.5 Å². The number of halogens is 3. The van der Waals surface area contributed by atoms with Gasteiger partial charge in [-0.1, -0.05) is 6.92 Å². The number of alkyl halides is 3. The summed E-state index contributed by atoms with van der Waals surface area (Å²) in [5.41, 5.74) is 0. The number of hydrogen-bond acceptors (Lipinski definition) is 3. The Morgan fingerprint density at radius 3 is 2.50 bits per heavy atom. The molecule has 0 bridgehead atoms. The first-order valence-corrected chi connectivity index (χ1v) is 5.49. The van der Waals surface area contributed by atoms with Crippen molar-refractivity contribution in [3.8, 4) is 0 Å². The van der Waals surface area contributed by atoms with Crippen molar-refractivity contribution in [1.29, 1.82) is 0 Å². The summed E-state index contributed by atoms with van der Waals surface area (Å²) < 4.78 is 39.5. The van der Waals surface area contributed by atoms with Gasteiger partial charge in [0, 0.05) is 19.7 Å². The molecule has 0 unspecified atom stereocenters. The van der Waals surface area contributed by atoms with E-state index in [1.165, 1.54) is 0 Å². The van der Waals surface area contributed by atoms with Gasteiger partial charge in [0.15, 0.2) is 0 Å². The van der Waals surface area contributed by atoms with Gasteiger partial charge >= 0.3 is 6.18 Å². The molecule has 6 heteroatoms. The minimum Gasteiger partial charge on any atom is -0.372 e. The van der Waals surface area contributed by atoms with Gasteiger partial charge in [0.05, 0.1) is 0 Å². The smallest absolute Gasteiger partial charge is 0.372 e. The first kappa shape index (κ1) is 15.7. The van der Waals surface area contributed by atoms with Crippen LogP contribution in [0.3, 0.4) is 0 Å². The average Bonchev–Trinajstić information content (AvgIpc) is 2.20. The van der Waals surface area contributed by atoms with Gasteiger partial charge in [-0.3, -0.25) is 0 Å². The minimum atomic E-state index is -4.21. The second-order valence-corrected chi connectivity index (χ2v) is 3.67. The predicted molar refractivity (Wildman–Crippen MR) is 57.5 cm³/mol. The van der Waals surface area contributed by atoms with Crippen molar-refractivity contribution in [3.63, 3.8) is 0 Å². The van der Waals surface area contributed by atoms with Gasteiger partial charge in [0.2, 0.25) is 0 Å². The van der Waals surface area contributed by atoms with Crippen molar-refractivity contribution in [2.45, 2.75) is 19.5 Å². The lowest BCUT2D eigenvalue weighted by molar-refractivity contribution is -0.173. The molecule has 98 valence electrons. The lowest BCUT2D eigenvalue weighted by atomic mass is 10.4. The summed E-state index contributed by atoms with van der Waals surface area (Å²) in [6, 6.07) is 0. The fourth-order valence-corrected chi connectivity index (χ4v) is 1.04. The molecule has 3 nitrogen and oxygen atoms in total. The van der Waals surface area contributed by atoms with Crippen LogP contribution in [0, 0.1) is 0 Å². The Labute approximate surface area is 94.9 Å². The summed E-state index contributed by atoms with van der Waals surface area (Å²) in [7, 11) is 2.02. The number of likely N-dealkylation sites (N-methyl/N-ethyl adjacent to an activating group) is 1. The number of nitrogens with zero attached hydrogens (tertiary/aromatic N) is 1. The van der Waals surface area contributed by atoms with E-state index in [2.05, 4.69) is 21.9 Å². The minimum absolute atomic E-state index is 0.149. The van der Waals surface area contributed by atoms with Crippen LogP contribution >= 0.6 is 0 Å². The largest absolute Gasteiger partial charge is 0.411 e. The summed E-state index contributed by atoms with van der Waals surface area (Å²) in [5, 5.41) is 3.15. The second-order valence-electron chi connectivity index (χ2n) is 3.67. The quantitative estimate of drug-likeness (QED) is 0.620. The molecule has 1 N–H and O–H groups in total. The highest BCUT2D eigenvalue weighted by atomic mass is 19.4. The molecular weight excluding hydrogens is 221 g/mol. The predicted octanol–water partition coefficient (Wildman–Crippen LogP) is 1.50. The summed E-state index contributed by atoms with van der Waals surface area (Å²) >= 11 is 0. The Kier molecular flexibility index (Phi) is 8.60. The molecule has 0 heterocycles. The fraction of sp³-hybridized carbons (Fsp3) is 1.00. The molecule has 0 atom stereocenters. The normalized spacial score (nSPS) is 12.4. The van der Waals surface area contributed by atoms with Crippen LogP contribution in [0.25, 0.3) is 0 Å². The maximum Gasteiger partial charge on any atom is 0.411 e. The van der Waals surface area contributed by atoms with E-state index in [0.717, 1.165) is 19.6 Å². The van der Waals surface area contributed by atoms with Gasteiger partial charge in [0.25, 0.3) is 0 Å². The van der Waals surface area contributed by atoms with E-state index in [1.807, 2.05) is 7.05 Å². The van der Waals surface area contributed by atoms with E-state index in [-0.39, 0.29) is 6.61 Å². The summed E-state index contributed by atoms with van der Waals surface area (Å²) in [6.07, 6.45) is -3.61. The highest BCUT2D eigenvalue weighted by Crippen LogP contribution is 2.14. The molecule has 0 aliphatic rings. The van der Waals surface area contributed by atoms with E-state index in [9.17, 15) is 13.2 Å². The van der Waals surface area contributed by atoms with Crippen LogP contribution in [0.15, 0.2) is 0 Å². The van der Waals surface area contributed by atoms with Gasteiger partial charge in [-0.05, 0) is 26.6 Å². The third-order valence-electron chi connectivity index (χ3n) is 2.12. The van der Waals surface area contributed by atoms with Gasteiger partial charge in [-0.15, -0.1) is 0 Å². The van der Waals surface area contributed by atoms with E-state index in [0.29, 0.717) is 13.0 Å². The van der Waals surface area contributed by atoms with Crippen LogP contribution in [0.1, 0.15) is 13.3 Å². The highest BCUT2D eigenvalue weighted by Gasteiger charge is 2.26. The Bertz CT molecular complexity index is 165. The van der Waals surface area contributed by atoms with Crippen LogP contribution in [-0.2, 0) is 4.74 Å². The lowest BCUT2D eigenvalue weighted by Crippen LogP contribution is -2.30. The van der Waals surface area contributed by atoms with Gasteiger partial charge in [-0.2, -0.15) is 13.2 Å². The highest BCUT2D eigenvalue weighted by molar-refractivity contribution is 4.53. The maximum absolute atomic E-state index is 11.7. The molecule has 0 fully saturated rings. The second kappa shape index (κ2) is 8.78. The van der Waals surface area contributed by atoms with Gasteiger partial charge < -0.3 is 15.0 Å². The molecule has 0 aliphatic heterocycles. The number of nitrogens with one attached hydrogen (secondary N) is 1. The first-order valence-electron chi connectivity index (χ1n) is 5.49. The molecule has 0 aliphatic carbocycles. The lowest BCUT2D eigenvalue weighted by Gasteiger charge is -2.14. The molecule has 0 aromatic rings. The molecule has 0 amide bonds. The van der Waals surface area contributed by atoms with E-state index in [4.69, 9.17) is 0 Å². The van der Waals surface area contributed by atoms with Crippen molar-refractivity contribution in [2.24, 2.45) is 0 Å². The summed E-state index contributed by atoms with van der Waals surface area (Å²) in [5.74, 6) is 0. The summed E-state index contributed by atoms with van der Waals surface area (Å²) in [6.45, 7) is 4.56. The van der Waals surface area contributed by atoms with Crippen molar-refractivity contribution in [1.82, 2.24) is 10.2 Å². The Morgan fingerprint density at radius 1 is 1.25 bits per heavy atom. The van der Waals surface area contributed by atoms with Gasteiger partial charge in [0.1, 0.15) is 6.61 Å². The molecule has 0 radical (unpaired) electrons. The van der Waals surface area contributed by atoms with E-state index in [1.54, 1.807) is 0 Å². The van der Waals surface area contributed by atoms with E-state index >= 15 is 0 Å². The first-order chi connectivity index (χ1) is 7.45. The van der Waals surface area contributed by atoms with Crippen molar-refractivity contribution < 1.29 is 17.9 Å². The van der Waals surface area contributed by atoms with Crippen LogP contribution in [0.5, 0.6) is 0 Å². The van der Waals surface area contributed by atoms with Crippen molar-refractivity contribution >= 4 is 0 Å². The maximum atomic E-state index is 11.7. The zero-order valence-corrected chi connectivity index (χ0v) is 9.94. The SMILES string of the molecule is CCN(C)CCNCCCOCC(F)(F)F. The van der Waals surface area contributed by atoms with Gasteiger partial charge in [-0.25, -0.2) is 0 Å². The molecule has 0 rings (SSSR count). The molecular formula is C10H21F3N2O. The average molecular weight is 242 g/mol. The zero-order chi connectivity index (χ0) is 12.4.